The molecular formula is C20H16N6O2S. The summed E-state index contributed by atoms with van der Waals surface area (Å²) in [4.78, 5) is 30.5. The van der Waals surface area contributed by atoms with Crippen molar-refractivity contribution < 1.29 is 9.59 Å². The highest BCUT2D eigenvalue weighted by atomic mass is 32.1. The third-order valence-electron chi connectivity index (χ3n) is 4.01. The number of rotatable bonds is 6. The van der Waals surface area contributed by atoms with Gasteiger partial charge in [0.05, 0.1) is 10.6 Å². The van der Waals surface area contributed by atoms with Crippen LogP contribution in [-0.4, -0.2) is 36.9 Å². The van der Waals surface area contributed by atoms with Crippen LogP contribution in [0.2, 0.25) is 0 Å². The van der Waals surface area contributed by atoms with Crippen molar-refractivity contribution in [1.29, 1.82) is 0 Å². The fourth-order valence-corrected chi connectivity index (χ4v) is 3.60. The number of thiazole rings is 1. The van der Waals surface area contributed by atoms with Gasteiger partial charge in [0.1, 0.15) is 6.54 Å². The van der Waals surface area contributed by atoms with Crippen molar-refractivity contribution in [2.24, 2.45) is 0 Å². The molecule has 0 fully saturated rings. The SMILES string of the molecule is CC(=O)c1sc(NC(=O)Cn2nnc(-c3ccccc3)n2)nc1-c1ccccc1. The minimum absolute atomic E-state index is 0.104. The van der Waals surface area contributed by atoms with Crippen molar-refractivity contribution in [2.75, 3.05) is 5.32 Å². The number of carbonyl (C=O) groups excluding carboxylic acids is 2. The van der Waals surface area contributed by atoms with E-state index >= 15 is 0 Å². The lowest BCUT2D eigenvalue weighted by Gasteiger charge is -2.00. The molecule has 0 atom stereocenters. The molecule has 0 saturated carbocycles. The second-order valence-electron chi connectivity index (χ2n) is 6.18. The van der Waals surface area contributed by atoms with Crippen molar-refractivity contribution >= 4 is 28.2 Å². The Labute approximate surface area is 170 Å². The lowest BCUT2D eigenvalue weighted by molar-refractivity contribution is -0.117. The Balaban J connectivity index is 1.49. The standard InChI is InChI=1S/C20H16N6O2S/c1-13(27)18-17(14-8-4-2-5-9-14)22-20(29-18)21-16(28)12-26-24-19(23-25-26)15-10-6-3-7-11-15/h2-11H,12H2,1H3,(H,21,22,28). The lowest BCUT2D eigenvalue weighted by atomic mass is 10.1. The summed E-state index contributed by atoms with van der Waals surface area (Å²) in [6.07, 6.45) is 0. The second-order valence-corrected chi connectivity index (χ2v) is 7.18. The number of tetrazole rings is 1. The maximum absolute atomic E-state index is 12.4. The number of anilines is 1. The minimum Gasteiger partial charge on any atom is -0.300 e. The van der Waals surface area contributed by atoms with Gasteiger partial charge < -0.3 is 5.32 Å². The topological polar surface area (TPSA) is 103 Å². The zero-order valence-electron chi connectivity index (χ0n) is 15.4. The Bertz CT molecular complexity index is 1150. The van der Waals surface area contributed by atoms with E-state index in [4.69, 9.17) is 0 Å². The van der Waals surface area contributed by atoms with Crippen molar-refractivity contribution in [3.8, 4) is 22.6 Å². The number of nitrogens with zero attached hydrogens (tertiary/aromatic N) is 5. The molecule has 0 unspecified atom stereocenters. The van der Waals surface area contributed by atoms with E-state index in [9.17, 15) is 9.59 Å². The quantitative estimate of drug-likeness (QED) is 0.495. The third-order valence-corrected chi connectivity index (χ3v) is 5.08. The second kappa shape index (κ2) is 8.11. The van der Waals surface area contributed by atoms with E-state index in [0.29, 0.717) is 21.5 Å². The van der Waals surface area contributed by atoms with Crippen LogP contribution in [0.15, 0.2) is 60.7 Å². The van der Waals surface area contributed by atoms with Crippen LogP contribution in [0.5, 0.6) is 0 Å². The predicted octanol–water partition coefficient (Wildman–Crippen LogP) is 3.30. The molecule has 2 aromatic carbocycles. The Morgan fingerprint density at radius 1 is 1.00 bits per heavy atom. The van der Waals surface area contributed by atoms with Gasteiger partial charge in [-0.05, 0) is 5.21 Å². The average molecular weight is 404 g/mol. The van der Waals surface area contributed by atoms with Crippen LogP contribution in [0, 0.1) is 0 Å². The van der Waals surface area contributed by atoms with Crippen molar-refractivity contribution in [2.45, 2.75) is 13.5 Å². The molecule has 8 nitrogen and oxygen atoms in total. The third kappa shape index (κ3) is 4.25. The van der Waals surface area contributed by atoms with Crippen molar-refractivity contribution in [3.63, 3.8) is 0 Å². The average Bonchev–Trinajstić information content (AvgIpc) is 3.37. The van der Waals surface area contributed by atoms with Crippen LogP contribution in [0.4, 0.5) is 5.13 Å². The molecule has 0 aliphatic carbocycles. The first kappa shape index (κ1) is 18.6. The Morgan fingerprint density at radius 3 is 2.31 bits per heavy atom. The number of aromatic nitrogens is 5. The molecule has 0 aliphatic heterocycles. The Morgan fingerprint density at radius 2 is 1.66 bits per heavy atom. The normalized spacial score (nSPS) is 10.7. The highest BCUT2D eigenvalue weighted by molar-refractivity contribution is 7.18. The summed E-state index contributed by atoms with van der Waals surface area (Å²) in [7, 11) is 0. The van der Waals surface area contributed by atoms with E-state index in [2.05, 4.69) is 25.7 Å². The number of ketones is 1. The van der Waals surface area contributed by atoms with Crippen LogP contribution in [0.25, 0.3) is 22.6 Å². The molecular weight excluding hydrogens is 388 g/mol. The van der Waals surface area contributed by atoms with Crippen LogP contribution in [-0.2, 0) is 11.3 Å². The molecule has 0 radical (unpaired) electrons. The zero-order chi connectivity index (χ0) is 20.2. The van der Waals surface area contributed by atoms with Crippen LogP contribution in [0.3, 0.4) is 0 Å². The van der Waals surface area contributed by atoms with Gasteiger partial charge in [-0.25, -0.2) is 4.98 Å². The zero-order valence-corrected chi connectivity index (χ0v) is 16.3. The summed E-state index contributed by atoms with van der Waals surface area (Å²) in [5, 5.41) is 15.2. The van der Waals surface area contributed by atoms with Crippen LogP contribution in [0.1, 0.15) is 16.6 Å². The van der Waals surface area contributed by atoms with Gasteiger partial charge in [0, 0.05) is 18.1 Å². The molecule has 2 heterocycles. The van der Waals surface area contributed by atoms with Gasteiger partial charge in [-0.15, -0.1) is 10.2 Å². The van der Waals surface area contributed by atoms with E-state index in [1.54, 1.807) is 0 Å². The Kier molecular flexibility index (Phi) is 5.21. The summed E-state index contributed by atoms with van der Waals surface area (Å²) >= 11 is 1.15. The highest BCUT2D eigenvalue weighted by Gasteiger charge is 2.18. The van der Waals surface area contributed by atoms with E-state index < -0.39 is 0 Å². The summed E-state index contributed by atoms with van der Waals surface area (Å²) in [6.45, 7) is 1.37. The number of hydrogen-bond donors (Lipinski definition) is 1. The molecule has 4 rings (SSSR count). The summed E-state index contributed by atoms with van der Waals surface area (Å²) in [6, 6.07) is 18.8. The molecule has 0 bridgehead atoms. The van der Waals surface area contributed by atoms with Gasteiger partial charge in [-0.3, -0.25) is 9.59 Å². The number of hydrogen-bond acceptors (Lipinski definition) is 7. The summed E-state index contributed by atoms with van der Waals surface area (Å²) in [5.74, 6) is -0.0179. The first-order valence-corrected chi connectivity index (χ1v) is 9.62. The summed E-state index contributed by atoms with van der Waals surface area (Å²) < 4.78 is 0. The van der Waals surface area contributed by atoms with Gasteiger partial charge in [0.15, 0.2) is 10.9 Å². The van der Waals surface area contributed by atoms with Gasteiger partial charge in [-0.2, -0.15) is 4.80 Å². The molecule has 29 heavy (non-hydrogen) atoms. The van der Waals surface area contributed by atoms with Crippen molar-refractivity contribution in [1.82, 2.24) is 25.2 Å². The van der Waals surface area contributed by atoms with E-state index in [-0.39, 0.29) is 18.2 Å². The molecule has 1 amide bonds. The summed E-state index contributed by atoms with van der Waals surface area (Å²) in [5.41, 5.74) is 2.20. The minimum atomic E-state index is -0.356. The van der Waals surface area contributed by atoms with Crippen molar-refractivity contribution in [3.05, 3.63) is 65.5 Å². The van der Waals surface area contributed by atoms with Crippen LogP contribution >= 0.6 is 11.3 Å². The molecule has 2 aromatic heterocycles. The lowest BCUT2D eigenvalue weighted by Crippen LogP contribution is -2.20. The van der Waals surface area contributed by atoms with Gasteiger partial charge >= 0.3 is 0 Å². The smallest absolute Gasteiger partial charge is 0.249 e. The van der Waals surface area contributed by atoms with E-state index in [1.165, 1.54) is 11.7 Å². The number of Topliss-reactive ketones (excluding diaryl/α,β-unsaturated/α-hetero) is 1. The number of amides is 1. The molecule has 144 valence electrons. The molecule has 4 aromatic rings. The fraction of sp³-hybridized carbons (Fsp3) is 0.100. The first-order valence-electron chi connectivity index (χ1n) is 8.80. The number of benzene rings is 2. The Hall–Kier alpha value is -3.72. The maximum atomic E-state index is 12.4. The van der Waals surface area contributed by atoms with Gasteiger partial charge in [0.25, 0.3) is 0 Å². The molecule has 9 heteroatoms. The predicted molar refractivity (Wildman–Crippen MR) is 109 cm³/mol. The largest absolute Gasteiger partial charge is 0.300 e. The van der Waals surface area contributed by atoms with Crippen LogP contribution < -0.4 is 5.32 Å². The maximum Gasteiger partial charge on any atom is 0.249 e. The molecule has 0 saturated heterocycles. The number of nitrogens with one attached hydrogen (secondary N) is 1. The monoisotopic (exact) mass is 404 g/mol. The fourth-order valence-electron chi connectivity index (χ4n) is 2.70. The van der Waals surface area contributed by atoms with E-state index in [0.717, 1.165) is 22.5 Å². The van der Waals surface area contributed by atoms with Gasteiger partial charge in [0.2, 0.25) is 11.7 Å². The van der Waals surface area contributed by atoms with Gasteiger partial charge in [-0.1, -0.05) is 72.0 Å². The molecule has 0 spiro atoms. The molecule has 1 N–H and O–H groups in total. The first-order chi connectivity index (χ1) is 14.1. The highest BCUT2D eigenvalue weighted by Crippen LogP contribution is 2.31. The number of carbonyl (C=O) groups is 2. The molecule has 0 aliphatic rings. The van der Waals surface area contributed by atoms with E-state index in [1.807, 2.05) is 60.7 Å².